The first-order valence-electron chi connectivity index (χ1n) is 7.14. The van der Waals surface area contributed by atoms with Gasteiger partial charge < -0.3 is 4.74 Å². The first kappa shape index (κ1) is 16.9. The van der Waals surface area contributed by atoms with Crippen LogP contribution >= 0.6 is 9.24 Å². The minimum atomic E-state index is -3.52. The Labute approximate surface area is 141 Å². The molecular weight excluding hydrogens is 352 g/mol. The number of ether oxygens (including phenoxy) is 1. The molecule has 0 saturated heterocycles. The Bertz CT molecular complexity index is 943. The molecule has 0 fully saturated rings. The van der Waals surface area contributed by atoms with Gasteiger partial charge in [-0.15, -0.1) is 9.24 Å². The van der Waals surface area contributed by atoms with E-state index in [2.05, 4.69) is 14.0 Å². The van der Waals surface area contributed by atoms with E-state index in [9.17, 15) is 17.6 Å². The van der Waals surface area contributed by atoms with E-state index >= 15 is 0 Å². The average molecular weight is 367 g/mol. The zero-order chi connectivity index (χ0) is 17.5. The van der Waals surface area contributed by atoms with E-state index in [0.717, 1.165) is 11.8 Å². The number of anilines is 1. The van der Waals surface area contributed by atoms with Crippen molar-refractivity contribution in [2.45, 2.75) is 12.8 Å². The lowest BCUT2D eigenvalue weighted by Gasteiger charge is -2.15. The summed E-state index contributed by atoms with van der Waals surface area (Å²) < 4.78 is 44.6. The number of benzene rings is 2. The lowest BCUT2D eigenvalue weighted by atomic mass is 10.1. The maximum atomic E-state index is 13.2. The monoisotopic (exact) mass is 367 g/mol. The summed E-state index contributed by atoms with van der Waals surface area (Å²) in [5.41, 5.74) is 1.56. The second-order valence-corrected chi connectivity index (χ2v) is 7.96. The van der Waals surface area contributed by atoms with Crippen LogP contribution in [0.2, 0.25) is 0 Å². The number of hydrogen-bond donors (Lipinski definition) is 1. The molecular formula is C16H15FNO4PS. The third-order valence-corrected chi connectivity index (χ3v) is 4.66. The van der Waals surface area contributed by atoms with Gasteiger partial charge in [0.05, 0.1) is 11.9 Å². The van der Waals surface area contributed by atoms with Crippen molar-refractivity contribution in [1.29, 1.82) is 0 Å². The standard InChI is InChI=1S/C16H15FNO4PS/c1-24(20,21)18-12-6-9-2-4-13(19)11(9)8-15(12)22-14-5-3-10(17)7-16(14)23/h3,5-8,18H,2,4,23H2,1H3. The van der Waals surface area contributed by atoms with Crippen molar-refractivity contribution in [2.75, 3.05) is 11.0 Å². The largest absolute Gasteiger partial charge is 0.454 e. The van der Waals surface area contributed by atoms with E-state index in [1.54, 1.807) is 6.07 Å². The Morgan fingerprint density at radius 3 is 2.58 bits per heavy atom. The van der Waals surface area contributed by atoms with E-state index in [4.69, 9.17) is 4.74 Å². The Morgan fingerprint density at radius 2 is 1.92 bits per heavy atom. The van der Waals surface area contributed by atoms with E-state index in [1.807, 2.05) is 0 Å². The second kappa shape index (κ2) is 6.15. The van der Waals surface area contributed by atoms with Crippen LogP contribution in [0.1, 0.15) is 22.3 Å². The molecule has 2 aromatic rings. The van der Waals surface area contributed by atoms with Gasteiger partial charge in [-0.25, -0.2) is 12.8 Å². The molecule has 0 radical (unpaired) electrons. The van der Waals surface area contributed by atoms with Gasteiger partial charge in [0.15, 0.2) is 11.5 Å². The van der Waals surface area contributed by atoms with E-state index < -0.39 is 15.8 Å². The number of halogens is 1. The zero-order valence-corrected chi connectivity index (χ0v) is 14.8. The second-order valence-electron chi connectivity index (χ2n) is 5.59. The lowest BCUT2D eigenvalue weighted by Crippen LogP contribution is -2.11. The van der Waals surface area contributed by atoms with Gasteiger partial charge >= 0.3 is 0 Å². The van der Waals surface area contributed by atoms with Crippen LogP contribution < -0.4 is 14.8 Å². The normalized spacial score (nSPS) is 13.7. The summed E-state index contributed by atoms with van der Waals surface area (Å²) in [4.78, 5) is 11.9. The van der Waals surface area contributed by atoms with Crippen molar-refractivity contribution >= 4 is 36.0 Å². The van der Waals surface area contributed by atoms with Gasteiger partial charge in [-0.05, 0) is 42.3 Å². The van der Waals surface area contributed by atoms with Crippen molar-refractivity contribution in [3.63, 3.8) is 0 Å². The van der Waals surface area contributed by atoms with Crippen LogP contribution in [0.4, 0.5) is 10.1 Å². The number of Topliss-reactive ketones (excluding diaryl/α,β-unsaturated/α-hetero) is 1. The minimum absolute atomic E-state index is 0.00837. The maximum absolute atomic E-state index is 13.2. The molecule has 24 heavy (non-hydrogen) atoms. The number of rotatable bonds is 4. The van der Waals surface area contributed by atoms with E-state index in [0.29, 0.717) is 29.5 Å². The van der Waals surface area contributed by atoms with Gasteiger partial charge in [-0.2, -0.15) is 0 Å². The number of carbonyl (C=O) groups excluding carboxylic acids is 1. The minimum Gasteiger partial charge on any atom is -0.454 e. The van der Waals surface area contributed by atoms with Crippen LogP contribution in [0.15, 0.2) is 30.3 Å². The summed E-state index contributed by atoms with van der Waals surface area (Å²) >= 11 is 0. The average Bonchev–Trinajstić information content (AvgIpc) is 2.81. The first-order valence-corrected chi connectivity index (χ1v) is 9.60. The molecule has 0 heterocycles. The van der Waals surface area contributed by atoms with Gasteiger partial charge in [-0.3, -0.25) is 9.52 Å². The van der Waals surface area contributed by atoms with Crippen molar-refractivity contribution in [3.05, 3.63) is 47.3 Å². The number of sulfonamides is 1. The summed E-state index contributed by atoms with van der Waals surface area (Å²) in [5, 5.41) is 0.479. The zero-order valence-electron chi connectivity index (χ0n) is 12.8. The van der Waals surface area contributed by atoms with E-state index in [1.165, 1.54) is 24.3 Å². The molecule has 0 aliphatic heterocycles. The molecule has 3 rings (SSSR count). The summed E-state index contributed by atoms with van der Waals surface area (Å²) in [6.07, 6.45) is 2.00. The molecule has 0 bridgehead atoms. The van der Waals surface area contributed by atoms with Gasteiger partial charge in [0.1, 0.15) is 11.6 Å². The molecule has 5 nitrogen and oxygen atoms in total. The highest BCUT2D eigenvalue weighted by molar-refractivity contribution is 7.92. The van der Waals surface area contributed by atoms with Crippen molar-refractivity contribution in [3.8, 4) is 11.5 Å². The highest BCUT2D eigenvalue weighted by Gasteiger charge is 2.23. The van der Waals surface area contributed by atoms with Crippen LogP contribution in [0.3, 0.4) is 0 Å². The molecule has 8 heteroatoms. The van der Waals surface area contributed by atoms with Gasteiger partial charge in [0, 0.05) is 17.3 Å². The SMILES string of the molecule is CS(=O)(=O)Nc1cc2c(cc1Oc1ccc(F)cc1P)C(=O)CC2. The van der Waals surface area contributed by atoms with Crippen molar-refractivity contribution < 1.29 is 22.3 Å². The Balaban J connectivity index is 2.07. The fourth-order valence-electron chi connectivity index (χ4n) is 2.57. The van der Waals surface area contributed by atoms with Gasteiger partial charge in [0.2, 0.25) is 10.0 Å². The summed E-state index contributed by atoms with van der Waals surface area (Å²) in [6, 6.07) is 7.11. The number of aryl methyl sites for hydroxylation is 1. The Hall–Kier alpha value is -1.98. The molecule has 0 amide bonds. The molecule has 1 aliphatic carbocycles. The molecule has 1 N–H and O–H groups in total. The predicted molar refractivity (Wildman–Crippen MR) is 93.4 cm³/mol. The van der Waals surface area contributed by atoms with Gasteiger partial charge in [-0.1, -0.05) is 0 Å². The molecule has 1 aliphatic rings. The molecule has 0 aromatic heterocycles. The van der Waals surface area contributed by atoms with Crippen LogP contribution in [-0.2, 0) is 16.4 Å². The smallest absolute Gasteiger partial charge is 0.229 e. The Morgan fingerprint density at radius 1 is 1.17 bits per heavy atom. The fourth-order valence-corrected chi connectivity index (χ4v) is 3.44. The summed E-state index contributed by atoms with van der Waals surface area (Å²) in [6.45, 7) is 0. The third kappa shape index (κ3) is 3.57. The maximum Gasteiger partial charge on any atom is 0.229 e. The quantitative estimate of drug-likeness (QED) is 0.844. The molecule has 0 spiro atoms. The number of ketones is 1. The lowest BCUT2D eigenvalue weighted by molar-refractivity contribution is 0.0994. The fraction of sp³-hybridized carbons (Fsp3) is 0.188. The number of hydrogen-bond acceptors (Lipinski definition) is 4. The van der Waals surface area contributed by atoms with Crippen molar-refractivity contribution in [2.24, 2.45) is 0 Å². The van der Waals surface area contributed by atoms with Crippen LogP contribution in [-0.4, -0.2) is 20.5 Å². The topological polar surface area (TPSA) is 72.5 Å². The van der Waals surface area contributed by atoms with Crippen LogP contribution in [0.5, 0.6) is 11.5 Å². The number of nitrogens with one attached hydrogen (secondary N) is 1. The number of carbonyl (C=O) groups is 1. The summed E-state index contributed by atoms with van der Waals surface area (Å²) in [7, 11) is -1.17. The first-order chi connectivity index (χ1) is 11.2. The predicted octanol–water partition coefficient (Wildman–Crippen LogP) is 2.62. The molecule has 0 saturated carbocycles. The molecule has 1 atom stereocenters. The highest BCUT2D eigenvalue weighted by atomic mass is 32.2. The molecule has 2 aromatic carbocycles. The molecule has 126 valence electrons. The van der Waals surface area contributed by atoms with Crippen molar-refractivity contribution in [1.82, 2.24) is 0 Å². The molecule has 1 unspecified atom stereocenters. The number of fused-ring (bicyclic) bond motifs is 1. The van der Waals surface area contributed by atoms with Crippen LogP contribution in [0.25, 0.3) is 0 Å². The third-order valence-electron chi connectivity index (χ3n) is 3.61. The highest BCUT2D eigenvalue weighted by Crippen LogP contribution is 2.36. The van der Waals surface area contributed by atoms with E-state index in [-0.39, 0.29) is 17.2 Å². The Kier molecular flexibility index (Phi) is 4.32. The van der Waals surface area contributed by atoms with Crippen LogP contribution in [0, 0.1) is 5.82 Å². The van der Waals surface area contributed by atoms with Gasteiger partial charge in [0.25, 0.3) is 0 Å². The summed E-state index contributed by atoms with van der Waals surface area (Å²) in [5.74, 6) is 0.130.